The molecule has 0 amide bonds. The number of carbonyl (C=O) groups excluding carboxylic acids is 2. The quantitative estimate of drug-likeness (QED) is 0.283. The molecule has 0 spiro atoms. The van der Waals surface area contributed by atoms with Crippen molar-refractivity contribution in [2.45, 2.75) is 25.7 Å². The molecule has 0 atom stereocenters. The molecule has 0 saturated heterocycles. The van der Waals surface area contributed by atoms with Crippen LogP contribution in [0.1, 0.15) is 51.1 Å². The van der Waals surface area contributed by atoms with Gasteiger partial charge in [0.05, 0.1) is 28.3 Å². The van der Waals surface area contributed by atoms with Crippen molar-refractivity contribution in [2.75, 3.05) is 7.11 Å². The Hall–Kier alpha value is -2.48. The van der Waals surface area contributed by atoms with E-state index < -0.39 is 33.8 Å². The maximum Gasteiger partial charge on any atom is 0.336 e. The molecule has 7 nitrogen and oxygen atoms in total. The summed E-state index contributed by atoms with van der Waals surface area (Å²) in [6, 6.07) is 3.35. The molecule has 0 fully saturated rings. The Bertz CT molecular complexity index is 1020. The number of hydrogen-bond acceptors (Lipinski definition) is 6. The zero-order valence-corrected chi connectivity index (χ0v) is 17.9. The number of benzene rings is 2. The summed E-state index contributed by atoms with van der Waals surface area (Å²) >= 11 is 17.7. The van der Waals surface area contributed by atoms with Crippen molar-refractivity contribution in [1.29, 1.82) is 0 Å². The highest BCUT2D eigenvalue weighted by Crippen LogP contribution is 2.40. The average Bonchev–Trinajstić information content (AvgIpc) is 2.71. The van der Waals surface area contributed by atoms with Crippen molar-refractivity contribution in [3.8, 4) is 11.5 Å². The van der Waals surface area contributed by atoms with E-state index in [0.29, 0.717) is 12.8 Å². The van der Waals surface area contributed by atoms with E-state index in [2.05, 4.69) is 4.74 Å². The van der Waals surface area contributed by atoms with Gasteiger partial charge in [-0.3, -0.25) is 9.59 Å². The number of phenols is 2. The molecule has 0 aliphatic heterocycles. The lowest BCUT2D eigenvalue weighted by molar-refractivity contribution is -0.140. The minimum atomic E-state index is -1.41. The van der Waals surface area contributed by atoms with Crippen LogP contribution in [-0.4, -0.2) is 40.2 Å². The first kappa shape index (κ1) is 23.8. The van der Waals surface area contributed by atoms with E-state index in [0.717, 1.165) is 12.1 Å². The zero-order chi connectivity index (χ0) is 22.6. The maximum absolute atomic E-state index is 13.0. The molecule has 0 heterocycles. The van der Waals surface area contributed by atoms with Crippen molar-refractivity contribution in [3.05, 3.63) is 55.5 Å². The highest BCUT2D eigenvalue weighted by molar-refractivity contribution is 6.42. The molecule has 3 N–H and O–H groups in total. The second-order valence-corrected chi connectivity index (χ2v) is 7.52. The summed E-state index contributed by atoms with van der Waals surface area (Å²) in [5, 5.41) is 29.3. The van der Waals surface area contributed by atoms with Gasteiger partial charge < -0.3 is 20.1 Å². The van der Waals surface area contributed by atoms with E-state index >= 15 is 0 Å². The number of aromatic hydroxyl groups is 2. The number of aromatic carboxylic acids is 1. The third kappa shape index (κ3) is 5.16. The van der Waals surface area contributed by atoms with E-state index in [9.17, 15) is 29.7 Å². The molecular weight excluding hydrogens is 459 g/mol. The second-order valence-electron chi connectivity index (χ2n) is 6.32. The third-order valence-corrected chi connectivity index (χ3v) is 5.46. The molecule has 0 aliphatic rings. The van der Waals surface area contributed by atoms with Crippen LogP contribution in [0.2, 0.25) is 15.1 Å². The number of methoxy groups -OCH3 is 1. The molecule has 0 radical (unpaired) electrons. The lowest BCUT2D eigenvalue weighted by Crippen LogP contribution is -2.11. The van der Waals surface area contributed by atoms with E-state index in [-0.39, 0.29) is 45.5 Å². The van der Waals surface area contributed by atoms with Gasteiger partial charge in [0, 0.05) is 12.0 Å². The Morgan fingerprint density at radius 2 is 1.50 bits per heavy atom. The normalized spacial score (nSPS) is 10.7. The topological polar surface area (TPSA) is 121 Å². The van der Waals surface area contributed by atoms with Gasteiger partial charge in [0.25, 0.3) is 0 Å². The number of carbonyl (C=O) groups is 3. The number of halogens is 3. The van der Waals surface area contributed by atoms with Gasteiger partial charge in [0.15, 0.2) is 5.78 Å². The number of ether oxygens (including phenoxy) is 1. The third-order valence-electron chi connectivity index (χ3n) is 4.38. The fourth-order valence-electron chi connectivity index (χ4n) is 2.79. The van der Waals surface area contributed by atoms with Gasteiger partial charge in [0.1, 0.15) is 16.5 Å². The van der Waals surface area contributed by atoms with E-state index in [1.165, 1.54) is 13.2 Å². The van der Waals surface area contributed by atoms with Crippen LogP contribution >= 0.6 is 34.8 Å². The molecule has 2 rings (SSSR count). The van der Waals surface area contributed by atoms with Crippen LogP contribution in [0.25, 0.3) is 0 Å². The monoisotopic (exact) mass is 474 g/mol. The van der Waals surface area contributed by atoms with Crippen molar-refractivity contribution in [2.24, 2.45) is 0 Å². The Kier molecular flexibility index (Phi) is 7.95. The van der Waals surface area contributed by atoms with Crippen molar-refractivity contribution >= 4 is 52.5 Å². The molecule has 10 heteroatoms. The van der Waals surface area contributed by atoms with Crippen molar-refractivity contribution in [1.82, 2.24) is 0 Å². The predicted octanol–water partition coefficient (Wildman–Crippen LogP) is 4.87. The van der Waals surface area contributed by atoms with Crippen LogP contribution in [-0.2, 0) is 16.0 Å². The minimum absolute atomic E-state index is 0.0441. The van der Waals surface area contributed by atoms with Crippen molar-refractivity contribution < 1.29 is 34.4 Å². The lowest BCUT2D eigenvalue weighted by Gasteiger charge is -2.13. The van der Waals surface area contributed by atoms with Gasteiger partial charge in [-0.2, -0.15) is 0 Å². The molecular formula is C20H17Cl3O7. The lowest BCUT2D eigenvalue weighted by atomic mass is 9.94. The van der Waals surface area contributed by atoms with Gasteiger partial charge in [0.2, 0.25) is 0 Å². The number of carboxylic acids is 1. The van der Waals surface area contributed by atoms with Crippen LogP contribution in [0.3, 0.4) is 0 Å². The smallest absolute Gasteiger partial charge is 0.336 e. The molecule has 0 unspecified atom stereocenters. The van der Waals surface area contributed by atoms with Crippen LogP contribution in [0, 0.1) is 0 Å². The number of ketones is 1. The molecule has 160 valence electrons. The fraction of sp³-hybridized carbons (Fsp3) is 0.250. The van der Waals surface area contributed by atoms with Crippen LogP contribution in [0.5, 0.6) is 11.5 Å². The SMILES string of the molecule is COC(=O)CCCCc1cc(C(=O)c2cc(Cl)c(Cl)cc2C(=O)O)c(O)c(Cl)c1O. The van der Waals surface area contributed by atoms with Gasteiger partial charge in [-0.05, 0) is 43.0 Å². The number of phenolic OH excluding ortho intramolecular Hbond substituents is 2. The zero-order valence-electron chi connectivity index (χ0n) is 15.7. The maximum atomic E-state index is 13.0. The number of unbranched alkanes of at least 4 members (excludes halogenated alkanes) is 1. The molecule has 0 bridgehead atoms. The molecule has 2 aromatic rings. The Balaban J connectivity index is 2.43. The van der Waals surface area contributed by atoms with Gasteiger partial charge in [-0.25, -0.2) is 4.79 Å². The van der Waals surface area contributed by atoms with Crippen LogP contribution in [0.4, 0.5) is 0 Å². The molecule has 0 aliphatic carbocycles. The molecule has 0 saturated carbocycles. The second kappa shape index (κ2) is 10.0. The highest BCUT2D eigenvalue weighted by Gasteiger charge is 2.26. The van der Waals surface area contributed by atoms with Gasteiger partial charge >= 0.3 is 11.9 Å². The fourth-order valence-corrected chi connectivity index (χ4v) is 3.34. The Morgan fingerprint density at radius 1 is 0.900 bits per heavy atom. The largest absolute Gasteiger partial charge is 0.506 e. The number of esters is 1. The number of hydrogen-bond donors (Lipinski definition) is 3. The first-order chi connectivity index (χ1) is 14.1. The molecule has 0 aromatic heterocycles. The minimum Gasteiger partial charge on any atom is -0.506 e. The van der Waals surface area contributed by atoms with Gasteiger partial charge in [-0.1, -0.05) is 34.8 Å². The van der Waals surface area contributed by atoms with E-state index in [1.54, 1.807) is 0 Å². The van der Waals surface area contributed by atoms with Crippen LogP contribution in [0.15, 0.2) is 18.2 Å². The van der Waals surface area contributed by atoms with Crippen molar-refractivity contribution in [3.63, 3.8) is 0 Å². The van der Waals surface area contributed by atoms with E-state index in [1.807, 2.05) is 0 Å². The summed E-state index contributed by atoms with van der Waals surface area (Å²) in [5.41, 5.74) is -0.757. The molecule has 30 heavy (non-hydrogen) atoms. The summed E-state index contributed by atoms with van der Waals surface area (Å²) in [6.07, 6.45) is 1.35. The Morgan fingerprint density at radius 3 is 2.07 bits per heavy atom. The summed E-state index contributed by atoms with van der Waals surface area (Å²) < 4.78 is 4.55. The first-order valence-electron chi connectivity index (χ1n) is 8.65. The summed E-state index contributed by atoms with van der Waals surface area (Å²) in [7, 11) is 1.28. The standard InChI is InChI=1S/C20H17Cl3O7/c1-30-15(24)5-3-2-4-9-6-12(19(27)16(23)17(9)25)18(26)10-7-13(21)14(22)8-11(10)20(28)29/h6-8,25,27H,2-5H2,1H3,(H,28,29). The summed E-state index contributed by atoms with van der Waals surface area (Å²) in [4.78, 5) is 35.7. The molecule has 2 aromatic carbocycles. The first-order valence-corrected chi connectivity index (χ1v) is 9.79. The summed E-state index contributed by atoms with van der Waals surface area (Å²) in [6.45, 7) is 0. The average molecular weight is 476 g/mol. The number of rotatable bonds is 8. The Labute approximate surface area is 186 Å². The van der Waals surface area contributed by atoms with Crippen LogP contribution < -0.4 is 0 Å². The number of aryl methyl sites for hydroxylation is 1. The predicted molar refractivity (Wildman–Crippen MR) is 111 cm³/mol. The summed E-state index contributed by atoms with van der Waals surface area (Å²) in [5.74, 6) is -3.75. The highest BCUT2D eigenvalue weighted by atomic mass is 35.5. The van der Waals surface area contributed by atoms with Gasteiger partial charge in [-0.15, -0.1) is 0 Å². The number of carboxylic acid groups (broad SMARTS) is 1. The van der Waals surface area contributed by atoms with E-state index in [4.69, 9.17) is 34.8 Å².